The number of phenols is 2. The molecule has 2 heterocycles. The highest BCUT2D eigenvalue weighted by Crippen LogP contribution is 2.57. The standard InChI is InChI=1S/C30H32N2O9S/c1-3-4-13-32(2,18-42(37,38)39)14-5-12-31-28(35)19-6-9-23-22(15-19)29(36)41-30(23)24-10-7-20(33)16-26(24)40-27-17-21(34)8-11-25(27)30/h6-11,15-17H,3-5,12-14,18H2,1-2H3,(H3-,31,33,34,35,37,38,39). The molecule has 12 heteroatoms. The number of hydrogen-bond donors (Lipinski definition) is 3. The largest absolute Gasteiger partial charge is 0.744 e. The van der Waals surface area contributed by atoms with Gasteiger partial charge in [0, 0.05) is 47.4 Å². The fourth-order valence-corrected chi connectivity index (χ4v) is 6.80. The van der Waals surface area contributed by atoms with Crippen LogP contribution in [0.25, 0.3) is 0 Å². The summed E-state index contributed by atoms with van der Waals surface area (Å²) in [5.41, 5.74) is 0.437. The Morgan fingerprint density at radius 3 is 2.14 bits per heavy atom. The van der Waals surface area contributed by atoms with E-state index in [0.29, 0.717) is 36.2 Å². The summed E-state index contributed by atoms with van der Waals surface area (Å²) >= 11 is 0. The molecule has 0 saturated carbocycles. The van der Waals surface area contributed by atoms with Gasteiger partial charge in [-0.1, -0.05) is 19.4 Å². The molecule has 11 nitrogen and oxygen atoms in total. The summed E-state index contributed by atoms with van der Waals surface area (Å²) < 4.78 is 46.3. The number of unbranched alkanes of at least 4 members (excludes halogenated alkanes) is 1. The average Bonchev–Trinajstić information content (AvgIpc) is 3.20. The van der Waals surface area contributed by atoms with Crippen molar-refractivity contribution in [2.24, 2.45) is 0 Å². The number of nitrogens with zero attached hydrogens (tertiary/aromatic N) is 1. The van der Waals surface area contributed by atoms with E-state index < -0.39 is 33.5 Å². The molecule has 0 saturated heterocycles. The van der Waals surface area contributed by atoms with Crippen molar-refractivity contribution in [3.05, 3.63) is 82.4 Å². The minimum atomic E-state index is -4.41. The summed E-state index contributed by atoms with van der Waals surface area (Å²) in [6.07, 6.45) is 2.08. The van der Waals surface area contributed by atoms with E-state index in [2.05, 4.69) is 5.32 Å². The number of carbonyl (C=O) groups is 2. The summed E-state index contributed by atoms with van der Waals surface area (Å²) in [5.74, 6) is -1.18. The van der Waals surface area contributed by atoms with Gasteiger partial charge in [0.1, 0.15) is 33.1 Å². The molecule has 1 atom stereocenters. The van der Waals surface area contributed by atoms with Crippen LogP contribution < -0.4 is 10.1 Å². The molecular formula is C30H32N2O9S. The van der Waals surface area contributed by atoms with Crippen molar-refractivity contribution in [1.82, 2.24) is 5.32 Å². The Hall–Kier alpha value is -4.13. The summed E-state index contributed by atoms with van der Waals surface area (Å²) in [7, 11) is -2.69. The highest BCUT2D eigenvalue weighted by molar-refractivity contribution is 7.85. The summed E-state index contributed by atoms with van der Waals surface area (Å²) in [4.78, 5) is 26.3. The molecule has 0 bridgehead atoms. The molecule has 0 aliphatic carbocycles. The van der Waals surface area contributed by atoms with E-state index in [0.717, 1.165) is 12.8 Å². The molecule has 3 aromatic rings. The third-order valence-corrected chi connectivity index (χ3v) is 8.66. The molecule has 0 radical (unpaired) electrons. The van der Waals surface area contributed by atoms with E-state index in [1.165, 1.54) is 30.3 Å². The number of phenolic OH excluding ortho intramolecular Hbond substituents is 2. The first kappa shape index (κ1) is 29.4. The lowest BCUT2D eigenvalue weighted by molar-refractivity contribution is -0.898. The first-order chi connectivity index (χ1) is 19.8. The first-order valence-electron chi connectivity index (χ1n) is 13.6. The van der Waals surface area contributed by atoms with Gasteiger partial charge in [0.2, 0.25) is 0 Å². The monoisotopic (exact) mass is 596 g/mol. The second kappa shape index (κ2) is 10.9. The molecule has 5 rings (SSSR count). The summed E-state index contributed by atoms with van der Waals surface area (Å²) in [6, 6.07) is 13.6. The number of rotatable bonds is 10. The molecule has 2 aliphatic rings. The van der Waals surface area contributed by atoms with Crippen molar-refractivity contribution in [3.63, 3.8) is 0 Å². The molecule has 1 unspecified atom stereocenters. The zero-order valence-corrected chi connectivity index (χ0v) is 24.1. The molecule has 42 heavy (non-hydrogen) atoms. The van der Waals surface area contributed by atoms with Crippen LogP contribution in [0.2, 0.25) is 0 Å². The second-order valence-electron chi connectivity index (χ2n) is 11.0. The van der Waals surface area contributed by atoms with Gasteiger partial charge >= 0.3 is 5.97 Å². The van der Waals surface area contributed by atoms with Crippen molar-refractivity contribution in [2.75, 3.05) is 32.6 Å². The minimum absolute atomic E-state index is 0.0526. The fraction of sp³-hybridized carbons (Fsp3) is 0.333. The van der Waals surface area contributed by atoms with Crippen LogP contribution in [0.15, 0.2) is 54.6 Å². The molecule has 222 valence electrons. The third-order valence-electron chi connectivity index (χ3n) is 7.72. The van der Waals surface area contributed by atoms with Crippen molar-refractivity contribution in [3.8, 4) is 23.0 Å². The molecule has 0 fully saturated rings. The Bertz CT molecular complexity index is 1620. The van der Waals surface area contributed by atoms with E-state index in [4.69, 9.17) is 9.47 Å². The van der Waals surface area contributed by atoms with Gasteiger partial charge < -0.3 is 34.0 Å². The minimum Gasteiger partial charge on any atom is -0.744 e. The summed E-state index contributed by atoms with van der Waals surface area (Å²) in [5, 5.41) is 22.9. The van der Waals surface area contributed by atoms with E-state index >= 15 is 0 Å². The van der Waals surface area contributed by atoms with Gasteiger partial charge in [0.05, 0.1) is 25.7 Å². The van der Waals surface area contributed by atoms with Crippen LogP contribution in [0.3, 0.4) is 0 Å². The molecule has 0 aromatic heterocycles. The Morgan fingerprint density at radius 1 is 0.952 bits per heavy atom. The number of quaternary nitrogens is 1. The van der Waals surface area contributed by atoms with Gasteiger partial charge in [0.25, 0.3) is 5.91 Å². The number of hydrogen-bond acceptors (Lipinski definition) is 9. The first-order valence-corrected chi connectivity index (χ1v) is 15.2. The molecular weight excluding hydrogens is 564 g/mol. The van der Waals surface area contributed by atoms with E-state index in [9.17, 15) is 32.8 Å². The van der Waals surface area contributed by atoms with Gasteiger partial charge in [-0.15, -0.1) is 0 Å². The van der Waals surface area contributed by atoms with Crippen molar-refractivity contribution in [2.45, 2.75) is 31.8 Å². The maximum Gasteiger partial charge on any atom is 0.340 e. The lowest BCUT2D eigenvalue weighted by Gasteiger charge is -2.36. The quantitative estimate of drug-likeness (QED) is 0.138. The van der Waals surface area contributed by atoms with Crippen molar-refractivity contribution in [1.29, 1.82) is 0 Å². The molecule has 1 spiro atoms. The number of nitrogens with one attached hydrogen (secondary N) is 1. The van der Waals surface area contributed by atoms with Crippen molar-refractivity contribution < 1.29 is 46.7 Å². The van der Waals surface area contributed by atoms with Gasteiger partial charge in [-0.25, -0.2) is 13.2 Å². The summed E-state index contributed by atoms with van der Waals surface area (Å²) in [6.45, 7) is 3.16. The van der Waals surface area contributed by atoms with Crippen LogP contribution in [-0.4, -0.2) is 72.1 Å². The SMILES string of the molecule is CCCC[N+](C)(CCCNC(=O)c1ccc2c(c1)C(=O)OC21c2ccc(O)cc2Oc2cc(O)ccc21)CS(=O)(=O)[O-]. The van der Waals surface area contributed by atoms with Crippen LogP contribution in [0.1, 0.15) is 63.6 Å². The van der Waals surface area contributed by atoms with Gasteiger partial charge in [-0.2, -0.15) is 0 Å². The predicted molar refractivity (Wildman–Crippen MR) is 150 cm³/mol. The second-order valence-corrected chi connectivity index (χ2v) is 12.4. The molecule has 3 aromatic carbocycles. The van der Waals surface area contributed by atoms with Crippen molar-refractivity contribution >= 4 is 22.0 Å². The number of carbonyl (C=O) groups excluding carboxylic acids is 2. The number of fused-ring (bicyclic) bond motifs is 6. The molecule has 3 N–H and O–H groups in total. The van der Waals surface area contributed by atoms with Gasteiger partial charge in [-0.3, -0.25) is 4.79 Å². The topological polar surface area (TPSA) is 162 Å². The lowest BCUT2D eigenvalue weighted by atomic mass is 9.77. The van der Waals surface area contributed by atoms with Crippen LogP contribution in [0.5, 0.6) is 23.0 Å². The molecule has 2 aliphatic heterocycles. The Balaban J connectivity index is 1.38. The smallest absolute Gasteiger partial charge is 0.340 e. The fourth-order valence-electron chi connectivity index (χ4n) is 5.77. The number of amides is 1. The lowest BCUT2D eigenvalue weighted by Crippen LogP contribution is -2.49. The van der Waals surface area contributed by atoms with E-state index in [1.807, 2.05) is 6.92 Å². The molecule has 1 amide bonds. The van der Waals surface area contributed by atoms with E-state index in [1.54, 1.807) is 31.3 Å². The Labute approximate surface area is 243 Å². The number of esters is 1. The number of aromatic hydroxyl groups is 2. The predicted octanol–water partition coefficient (Wildman–Crippen LogP) is 3.54. The number of ether oxygens (including phenoxy) is 2. The van der Waals surface area contributed by atoms with Crippen LogP contribution in [0.4, 0.5) is 0 Å². The maximum absolute atomic E-state index is 13.3. The van der Waals surface area contributed by atoms with Gasteiger partial charge in [0.15, 0.2) is 11.5 Å². The van der Waals surface area contributed by atoms with Gasteiger partial charge in [-0.05, 0) is 42.8 Å². The third kappa shape index (κ3) is 5.52. The normalized spacial score (nSPS) is 16.0. The zero-order chi connectivity index (χ0) is 30.3. The average molecular weight is 597 g/mol. The zero-order valence-electron chi connectivity index (χ0n) is 23.3. The van der Waals surface area contributed by atoms with E-state index in [-0.39, 0.29) is 45.2 Å². The Kier molecular flexibility index (Phi) is 7.64. The maximum atomic E-state index is 13.3. The van der Waals surface area contributed by atoms with Crippen LogP contribution in [-0.2, 0) is 20.5 Å². The highest BCUT2D eigenvalue weighted by Gasteiger charge is 2.53. The Morgan fingerprint density at radius 2 is 1.55 bits per heavy atom. The highest BCUT2D eigenvalue weighted by atomic mass is 32.2. The van der Waals surface area contributed by atoms with Crippen LogP contribution in [0, 0.1) is 0 Å². The number of benzene rings is 3. The van der Waals surface area contributed by atoms with Crippen LogP contribution >= 0.6 is 0 Å².